The number of benzene rings is 1. The van der Waals surface area contributed by atoms with Crippen LogP contribution in [0.15, 0.2) is 60.2 Å². The summed E-state index contributed by atoms with van der Waals surface area (Å²) < 4.78 is 0. The molecule has 0 radical (unpaired) electrons. The zero-order valence-corrected chi connectivity index (χ0v) is 9.48. The van der Waals surface area contributed by atoms with Crippen molar-refractivity contribution in [1.82, 2.24) is 0 Å². The lowest BCUT2D eigenvalue weighted by Gasteiger charge is -1.94. The van der Waals surface area contributed by atoms with Crippen molar-refractivity contribution in [3.8, 4) is 0 Å². The zero-order valence-electron chi connectivity index (χ0n) is 9.48. The first-order chi connectivity index (χ1) is 7.36. The first-order valence-electron chi connectivity index (χ1n) is 5.42. The van der Waals surface area contributed by atoms with Gasteiger partial charge >= 0.3 is 0 Å². The van der Waals surface area contributed by atoms with Crippen LogP contribution in [0.5, 0.6) is 0 Å². The van der Waals surface area contributed by atoms with E-state index in [1.807, 2.05) is 13.0 Å². The molecule has 0 saturated carbocycles. The maximum Gasteiger partial charge on any atom is -0.0256 e. The predicted molar refractivity (Wildman–Crippen MR) is 68.7 cm³/mol. The molecule has 0 bridgehead atoms. The highest BCUT2D eigenvalue weighted by molar-refractivity contribution is 5.54. The topological polar surface area (TPSA) is 0 Å². The Morgan fingerprint density at radius 1 is 1.13 bits per heavy atom. The van der Waals surface area contributed by atoms with Crippen molar-refractivity contribution in [3.63, 3.8) is 0 Å². The van der Waals surface area contributed by atoms with Crippen LogP contribution < -0.4 is 0 Å². The Bertz CT molecular complexity index is 353. The van der Waals surface area contributed by atoms with E-state index in [-0.39, 0.29) is 0 Å². The summed E-state index contributed by atoms with van der Waals surface area (Å²) >= 11 is 0. The van der Waals surface area contributed by atoms with Gasteiger partial charge in [0.05, 0.1) is 0 Å². The minimum Gasteiger partial charge on any atom is -0.0871 e. The smallest absolute Gasteiger partial charge is 0.0256 e. The number of allylic oxidation sites excluding steroid dienone is 5. The molecule has 0 nitrogen and oxygen atoms in total. The van der Waals surface area contributed by atoms with E-state index in [1.165, 1.54) is 11.1 Å². The highest BCUT2D eigenvalue weighted by atomic mass is 13.9. The molecule has 1 rings (SSSR count). The first kappa shape index (κ1) is 11.5. The third-order valence-electron chi connectivity index (χ3n) is 2.07. The Kier molecular flexibility index (Phi) is 5.24. The van der Waals surface area contributed by atoms with E-state index < -0.39 is 0 Å². The Morgan fingerprint density at radius 2 is 1.87 bits per heavy atom. The van der Waals surface area contributed by atoms with E-state index in [0.29, 0.717) is 0 Å². The first-order valence-corrected chi connectivity index (χ1v) is 5.42. The van der Waals surface area contributed by atoms with Gasteiger partial charge in [0.15, 0.2) is 0 Å². The van der Waals surface area contributed by atoms with Crippen molar-refractivity contribution >= 4 is 6.08 Å². The molecule has 0 spiro atoms. The summed E-state index contributed by atoms with van der Waals surface area (Å²) in [6, 6.07) is 10.4. The summed E-state index contributed by atoms with van der Waals surface area (Å²) in [7, 11) is 0. The average Bonchev–Trinajstić information content (AvgIpc) is 2.28. The highest BCUT2D eigenvalue weighted by Gasteiger charge is 1.85. The van der Waals surface area contributed by atoms with E-state index in [1.54, 1.807) is 0 Å². The molecular weight excluding hydrogens is 180 g/mol. The third-order valence-corrected chi connectivity index (χ3v) is 2.07. The standard InChI is InChI=1S/C15H18/c1-3-8-14(9-4-2)12-13-15-10-6-5-7-11-15/h3,5-13H,4H2,1-2H3. The minimum atomic E-state index is 1.07. The molecule has 0 heterocycles. The van der Waals surface area contributed by atoms with Crippen LogP contribution in [-0.2, 0) is 0 Å². The SMILES string of the molecule is CC=CC(C=Cc1ccccc1)=CCC. The van der Waals surface area contributed by atoms with Crippen molar-refractivity contribution in [3.05, 3.63) is 65.8 Å². The lowest BCUT2D eigenvalue weighted by Crippen LogP contribution is -1.73. The third kappa shape index (κ3) is 4.46. The van der Waals surface area contributed by atoms with Crippen molar-refractivity contribution in [2.24, 2.45) is 0 Å². The molecule has 0 atom stereocenters. The molecule has 0 N–H and O–H groups in total. The Morgan fingerprint density at radius 3 is 2.47 bits per heavy atom. The molecule has 0 aliphatic carbocycles. The summed E-state index contributed by atoms with van der Waals surface area (Å²) in [4.78, 5) is 0. The molecule has 1 aromatic carbocycles. The van der Waals surface area contributed by atoms with Gasteiger partial charge in [-0.15, -0.1) is 0 Å². The molecular formula is C15H18. The van der Waals surface area contributed by atoms with Gasteiger partial charge in [0.1, 0.15) is 0 Å². The summed E-state index contributed by atoms with van der Waals surface area (Å²) in [5.41, 5.74) is 2.51. The van der Waals surface area contributed by atoms with Gasteiger partial charge in [-0.1, -0.05) is 67.6 Å². The fourth-order valence-electron chi connectivity index (χ4n) is 1.38. The van der Waals surface area contributed by atoms with E-state index >= 15 is 0 Å². The van der Waals surface area contributed by atoms with Gasteiger partial charge in [0.2, 0.25) is 0 Å². The fraction of sp³-hybridized carbons (Fsp3) is 0.200. The zero-order chi connectivity index (χ0) is 10.9. The predicted octanol–water partition coefficient (Wildman–Crippen LogP) is 4.61. The second kappa shape index (κ2) is 6.83. The van der Waals surface area contributed by atoms with Gasteiger partial charge in [-0.25, -0.2) is 0 Å². The number of hydrogen-bond acceptors (Lipinski definition) is 0. The van der Waals surface area contributed by atoms with Gasteiger partial charge < -0.3 is 0 Å². The van der Waals surface area contributed by atoms with Crippen LogP contribution >= 0.6 is 0 Å². The van der Waals surface area contributed by atoms with Crippen LogP contribution in [0.1, 0.15) is 25.8 Å². The Balaban J connectivity index is 2.75. The van der Waals surface area contributed by atoms with Gasteiger partial charge in [0.25, 0.3) is 0 Å². The molecule has 0 aliphatic heterocycles. The molecule has 0 unspecified atom stereocenters. The van der Waals surface area contributed by atoms with Crippen molar-refractivity contribution in [2.45, 2.75) is 20.3 Å². The summed E-state index contributed by atoms with van der Waals surface area (Å²) in [6.07, 6.45) is 11.8. The number of rotatable bonds is 4. The number of hydrogen-bond donors (Lipinski definition) is 0. The molecule has 1 aromatic rings. The lowest BCUT2D eigenvalue weighted by molar-refractivity contribution is 1.21. The normalized spacial score (nSPS) is 12.8. The van der Waals surface area contributed by atoms with Crippen molar-refractivity contribution in [1.29, 1.82) is 0 Å². The average molecular weight is 198 g/mol. The van der Waals surface area contributed by atoms with Gasteiger partial charge in [0, 0.05) is 0 Å². The molecule has 0 amide bonds. The van der Waals surface area contributed by atoms with Crippen molar-refractivity contribution in [2.75, 3.05) is 0 Å². The molecule has 0 saturated heterocycles. The molecule has 0 heteroatoms. The van der Waals surface area contributed by atoms with E-state index in [9.17, 15) is 0 Å². The summed E-state index contributed by atoms with van der Waals surface area (Å²) in [5.74, 6) is 0. The minimum absolute atomic E-state index is 1.07. The molecule has 15 heavy (non-hydrogen) atoms. The van der Waals surface area contributed by atoms with Gasteiger partial charge in [-0.2, -0.15) is 0 Å². The van der Waals surface area contributed by atoms with Crippen LogP contribution in [0.25, 0.3) is 6.08 Å². The largest absolute Gasteiger partial charge is 0.0871 e. The molecule has 0 aromatic heterocycles. The molecule has 78 valence electrons. The summed E-state index contributed by atoms with van der Waals surface area (Å²) in [6.45, 7) is 4.19. The second-order valence-electron chi connectivity index (χ2n) is 3.36. The maximum atomic E-state index is 2.22. The van der Waals surface area contributed by atoms with Crippen LogP contribution in [-0.4, -0.2) is 0 Å². The highest BCUT2D eigenvalue weighted by Crippen LogP contribution is 2.07. The van der Waals surface area contributed by atoms with Gasteiger partial charge in [-0.05, 0) is 24.5 Å². The molecule has 0 aliphatic rings. The Labute approximate surface area is 92.6 Å². The Hall–Kier alpha value is -1.56. The van der Waals surface area contributed by atoms with Crippen LogP contribution in [0, 0.1) is 0 Å². The van der Waals surface area contributed by atoms with E-state index in [2.05, 4.69) is 61.6 Å². The van der Waals surface area contributed by atoms with E-state index in [4.69, 9.17) is 0 Å². The van der Waals surface area contributed by atoms with E-state index in [0.717, 1.165) is 6.42 Å². The lowest BCUT2D eigenvalue weighted by atomic mass is 10.1. The quantitative estimate of drug-likeness (QED) is 0.620. The van der Waals surface area contributed by atoms with Crippen LogP contribution in [0.2, 0.25) is 0 Å². The molecule has 0 fully saturated rings. The van der Waals surface area contributed by atoms with Crippen LogP contribution in [0.4, 0.5) is 0 Å². The maximum absolute atomic E-state index is 2.22. The second-order valence-corrected chi connectivity index (χ2v) is 3.36. The fourth-order valence-corrected chi connectivity index (χ4v) is 1.38. The van der Waals surface area contributed by atoms with Gasteiger partial charge in [-0.3, -0.25) is 0 Å². The monoisotopic (exact) mass is 198 g/mol. The van der Waals surface area contributed by atoms with Crippen molar-refractivity contribution < 1.29 is 0 Å². The van der Waals surface area contributed by atoms with Crippen LogP contribution in [0.3, 0.4) is 0 Å². The summed E-state index contributed by atoms with van der Waals surface area (Å²) in [5, 5.41) is 0.